The van der Waals surface area contributed by atoms with Gasteiger partial charge in [0.05, 0.1) is 28.4 Å². The van der Waals surface area contributed by atoms with Crippen LogP contribution in [-0.4, -0.2) is 39.3 Å². The lowest BCUT2D eigenvalue weighted by Crippen LogP contribution is -2.40. The van der Waals surface area contributed by atoms with E-state index in [9.17, 15) is 18.3 Å². The van der Waals surface area contributed by atoms with Crippen LogP contribution in [0.1, 0.15) is 23.6 Å². The van der Waals surface area contributed by atoms with Gasteiger partial charge in [0.2, 0.25) is 0 Å². The molecule has 0 spiro atoms. The van der Waals surface area contributed by atoms with E-state index in [-0.39, 0.29) is 16.4 Å². The van der Waals surface area contributed by atoms with Gasteiger partial charge in [-0.05, 0) is 70.7 Å². The Morgan fingerprint density at radius 1 is 1.17 bits per heavy atom. The number of carbonyl (C=O) groups excluding carboxylic acids is 1. The van der Waals surface area contributed by atoms with Gasteiger partial charge in [-0.2, -0.15) is 5.10 Å². The van der Waals surface area contributed by atoms with E-state index in [1.54, 1.807) is 36.4 Å². The average Bonchev–Trinajstić information content (AvgIpc) is 2.84. The zero-order valence-corrected chi connectivity index (χ0v) is 21.9. The number of hydrogen-bond acceptors (Lipinski definition) is 6. The summed E-state index contributed by atoms with van der Waals surface area (Å²) < 4.78 is 33.7. The molecular weight excluding hydrogens is 534 g/mol. The summed E-state index contributed by atoms with van der Waals surface area (Å²) in [6, 6.07) is 16.7. The van der Waals surface area contributed by atoms with Crippen molar-refractivity contribution >= 4 is 43.8 Å². The van der Waals surface area contributed by atoms with Crippen molar-refractivity contribution in [2.24, 2.45) is 5.10 Å². The first-order valence-corrected chi connectivity index (χ1v) is 13.0. The van der Waals surface area contributed by atoms with Crippen LogP contribution in [-0.2, 0) is 21.2 Å². The highest BCUT2D eigenvalue weighted by Crippen LogP contribution is 2.34. The lowest BCUT2D eigenvalue weighted by Gasteiger charge is -2.25. The molecule has 0 heterocycles. The maximum Gasteiger partial charge on any atom is 0.264 e. The van der Waals surface area contributed by atoms with Gasteiger partial charge in [0.15, 0.2) is 11.5 Å². The fourth-order valence-electron chi connectivity index (χ4n) is 3.36. The van der Waals surface area contributed by atoms with E-state index in [4.69, 9.17) is 4.74 Å². The lowest BCUT2D eigenvalue weighted by atomic mass is 10.1. The summed E-state index contributed by atoms with van der Waals surface area (Å²) in [6.45, 7) is 3.32. The van der Waals surface area contributed by atoms with Gasteiger partial charge in [0.1, 0.15) is 6.54 Å². The minimum Gasteiger partial charge on any atom is -0.503 e. The Morgan fingerprint density at radius 2 is 1.86 bits per heavy atom. The number of sulfonamides is 1. The molecule has 0 fully saturated rings. The Kier molecular flexibility index (Phi) is 8.52. The summed E-state index contributed by atoms with van der Waals surface area (Å²) in [5.74, 6) is -0.438. The van der Waals surface area contributed by atoms with Gasteiger partial charge in [-0.3, -0.25) is 9.10 Å². The van der Waals surface area contributed by atoms with Crippen molar-refractivity contribution < 1.29 is 23.1 Å². The van der Waals surface area contributed by atoms with Crippen molar-refractivity contribution in [1.82, 2.24) is 5.43 Å². The predicted molar refractivity (Wildman–Crippen MR) is 140 cm³/mol. The summed E-state index contributed by atoms with van der Waals surface area (Å²) in [5.41, 5.74) is 5.08. The maximum atomic E-state index is 13.5. The minimum absolute atomic E-state index is 0.0553. The standard InChI is InChI=1S/C25H26BrN3O5S/c1-4-19-7-5-6-8-22(19)29(35(32,33)20-11-9-17(2)10-12-20)16-24(30)28-27-15-18-13-21(26)25(31)23(14-18)34-3/h5-15,31H,4,16H2,1-3H3,(H,28,30)/b27-15+. The number of rotatable bonds is 9. The number of methoxy groups -OCH3 is 1. The van der Waals surface area contributed by atoms with Crippen molar-refractivity contribution in [1.29, 1.82) is 0 Å². The van der Waals surface area contributed by atoms with Crippen LogP contribution in [0.3, 0.4) is 0 Å². The quantitative estimate of drug-likeness (QED) is 0.298. The molecule has 3 aromatic carbocycles. The van der Waals surface area contributed by atoms with Gasteiger partial charge in [-0.25, -0.2) is 13.8 Å². The first kappa shape index (κ1) is 26.2. The third-order valence-corrected chi connectivity index (χ3v) is 7.59. The number of ether oxygens (including phenoxy) is 1. The number of nitrogens with zero attached hydrogens (tertiary/aromatic N) is 2. The number of phenols is 1. The molecule has 3 aromatic rings. The summed E-state index contributed by atoms with van der Waals surface area (Å²) >= 11 is 3.23. The van der Waals surface area contributed by atoms with Crippen LogP contribution in [0.25, 0.3) is 0 Å². The molecule has 1 amide bonds. The van der Waals surface area contributed by atoms with Crippen molar-refractivity contribution in [3.8, 4) is 11.5 Å². The molecule has 0 atom stereocenters. The number of hydrogen-bond donors (Lipinski definition) is 2. The van der Waals surface area contributed by atoms with Gasteiger partial charge in [0, 0.05) is 0 Å². The number of para-hydroxylation sites is 1. The number of carbonyl (C=O) groups is 1. The summed E-state index contributed by atoms with van der Waals surface area (Å²) in [6.07, 6.45) is 1.96. The number of aryl methyl sites for hydroxylation is 2. The van der Waals surface area contributed by atoms with Crippen molar-refractivity contribution in [2.45, 2.75) is 25.2 Å². The molecule has 2 N–H and O–H groups in total. The molecule has 0 aliphatic carbocycles. The molecule has 8 nitrogen and oxygen atoms in total. The number of halogens is 1. The van der Waals surface area contributed by atoms with Crippen LogP contribution in [0.2, 0.25) is 0 Å². The molecule has 0 aliphatic rings. The monoisotopic (exact) mass is 559 g/mol. The fraction of sp³-hybridized carbons (Fsp3) is 0.200. The second kappa shape index (κ2) is 11.4. The van der Waals surface area contributed by atoms with E-state index in [0.29, 0.717) is 22.1 Å². The second-order valence-electron chi connectivity index (χ2n) is 7.65. The highest BCUT2D eigenvalue weighted by molar-refractivity contribution is 9.10. The number of anilines is 1. The van der Waals surface area contributed by atoms with Gasteiger partial charge in [-0.1, -0.05) is 42.8 Å². The molecular formula is C25H26BrN3O5S. The van der Waals surface area contributed by atoms with E-state index in [1.165, 1.54) is 25.5 Å². The van der Waals surface area contributed by atoms with Crippen LogP contribution in [0.15, 0.2) is 75.1 Å². The zero-order valence-electron chi connectivity index (χ0n) is 19.5. The third-order valence-electron chi connectivity index (χ3n) is 5.21. The van der Waals surface area contributed by atoms with Gasteiger partial charge < -0.3 is 9.84 Å². The Balaban J connectivity index is 1.88. The number of nitrogens with one attached hydrogen (secondary N) is 1. The van der Waals surface area contributed by atoms with Crippen LogP contribution < -0.4 is 14.5 Å². The Hall–Kier alpha value is -3.37. The van der Waals surface area contributed by atoms with E-state index in [0.717, 1.165) is 15.4 Å². The summed E-state index contributed by atoms with van der Waals surface area (Å²) in [5, 5.41) is 13.9. The number of benzene rings is 3. The molecule has 35 heavy (non-hydrogen) atoms. The molecule has 184 valence electrons. The molecule has 0 aliphatic heterocycles. The molecule has 0 bridgehead atoms. The van der Waals surface area contributed by atoms with Crippen molar-refractivity contribution in [2.75, 3.05) is 18.0 Å². The van der Waals surface area contributed by atoms with Gasteiger partial charge in [0.25, 0.3) is 15.9 Å². The van der Waals surface area contributed by atoms with Crippen LogP contribution in [0.4, 0.5) is 5.69 Å². The first-order chi connectivity index (χ1) is 16.7. The average molecular weight is 560 g/mol. The lowest BCUT2D eigenvalue weighted by molar-refractivity contribution is -0.119. The molecule has 0 saturated carbocycles. The Bertz CT molecular complexity index is 1340. The minimum atomic E-state index is -4.03. The SMILES string of the molecule is CCc1ccccc1N(CC(=O)N/N=C/c1cc(Br)c(O)c(OC)c1)S(=O)(=O)c1ccc(C)cc1. The number of aromatic hydroxyl groups is 1. The smallest absolute Gasteiger partial charge is 0.264 e. The zero-order chi connectivity index (χ0) is 25.6. The molecule has 0 unspecified atom stereocenters. The van der Waals surface area contributed by atoms with Gasteiger partial charge in [-0.15, -0.1) is 0 Å². The maximum absolute atomic E-state index is 13.5. The van der Waals surface area contributed by atoms with Crippen LogP contribution in [0, 0.1) is 6.92 Å². The Labute approximate surface area is 213 Å². The molecule has 0 saturated heterocycles. The van der Waals surface area contributed by atoms with Crippen molar-refractivity contribution in [3.05, 3.63) is 81.8 Å². The molecule has 10 heteroatoms. The first-order valence-electron chi connectivity index (χ1n) is 10.7. The predicted octanol–water partition coefficient (Wildman–Crippen LogP) is 4.38. The highest BCUT2D eigenvalue weighted by atomic mass is 79.9. The normalized spacial score (nSPS) is 11.4. The third kappa shape index (κ3) is 6.20. The fourth-order valence-corrected chi connectivity index (χ4v) is 5.28. The molecule has 0 radical (unpaired) electrons. The van der Waals surface area contributed by atoms with Crippen LogP contribution >= 0.6 is 15.9 Å². The topological polar surface area (TPSA) is 108 Å². The van der Waals surface area contributed by atoms with E-state index in [2.05, 4.69) is 26.5 Å². The number of phenolic OH excluding ortho intramolecular Hbond substituents is 1. The second-order valence-corrected chi connectivity index (χ2v) is 10.4. The van der Waals surface area contributed by atoms with E-state index < -0.39 is 22.5 Å². The summed E-state index contributed by atoms with van der Waals surface area (Å²) in [4.78, 5) is 12.9. The number of hydrazone groups is 1. The highest BCUT2D eigenvalue weighted by Gasteiger charge is 2.28. The Morgan fingerprint density at radius 3 is 2.51 bits per heavy atom. The molecule has 3 rings (SSSR count). The van der Waals surface area contributed by atoms with Crippen molar-refractivity contribution in [3.63, 3.8) is 0 Å². The number of amides is 1. The largest absolute Gasteiger partial charge is 0.503 e. The van der Waals surface area contributed by atoms with Crippen LogP contribution in [0.5, 0.6) is 11.5 Å². The van der Waals surface area contributed by atoms with Gasteiger partial charge >= 0.3 is 0 Å². The van der Waals surface area contributed by atoms with E-state index in [1.807, 2.05) is 26.0 Å². The summed E-state index contributed by atoms with van der Waals surface area (Å²) in [7, 11) is -2.61. The van der Waals surface area contributed by atoms with E-state index >= 15 is 0 Å². The molecule has 0 aromatic heterocycles.